The topological polar surface area (TPSA) is 83.7 Å². The average Bonchev–Trinajstić information content (AvgIpc) is 3.29. The Morgan fingerprint density at radius 1 is 1.09 bits per heavy atom. The fourth-order valence-electron chi connectivity index (χ4n) is 3.27. The minimum absolute atomic E-state index is 0. The number of guanidine groups is 1. The number of halogens is 1. The lowest BCUT2D eigenvalue weighted by Gasteiger charge is -2.16. The predicted octanol–water partition coefficient (Wildman–Crippen LogP) is 4.13. The third-order valence-corrected chi connectivity index (χ3v) is 4.76. The van der Waals surface area contributed by atoms with Gasteiger partial charge in [0, 0.05) is 25.5 Å². The van der Waals surface area contributed by atoms with Gasteiger partial charge < -0.3 is 20.5 Å². The molecule has 0 saturated heterocycles. The summed E-state index contributed by atoms with van der Waals surface area (Å²) in [7, 11) is 0. The van der Waals surface area contributed by atoms with Crippen LogP contribution in [0.2, 0.25) is 0 Å². The number of hydrogen-bond acceptors (Lipinski definition) is 4. The Kier molecular flexibility index (Phi) is 11.2. The number of aliphatic hydroxyl groups is 1. The Hall–Kier alpha value is -2.59. The first kappa shape index (κ1) is 26.7. The number of aromatic nitrogens is 2. The van der Waals surface area contributed by atoms with Crippen molar-refractivity contribution in [2.24, 2.45) is 4.99 Å². The maximum Gasteiger partial charge on any atom is 0.191 e. The molecule has 0 fully saturated rings. The van der Waals surface area contributed by atoms with Crippen LogP contribution in [0.1, 0.15) is 43.6 Å². The third kappa shape index (κ3) is 9.05. The van der Waals surface area contributed by atoms with Crippen molar-refractivity contribution in [3.63, 3.8) is 0 Å². The average molecular weight is 563 g/mol. The van der Waals surface area contributed by atoms with Crippen LogP contribution in [0, 0.1) is 0 Å². The zero-order valence-electron chi connectivity index (χ0n) is 19.4. The number of nitrogens with zero attached hydrogens (tertiary/aromatic N) is 3. The first-order valence-electron chi connectivity index (χ1n) is 11.1. The monoisotopic (exact) mass is 563 g/mol. The van der Waals surface area contributed by atoms with Crippen LogP contribution >= 0.6 is 24.0 Å². The van der Waals surface area contributed by atoms with Gasteiger partial charge in [-0.3, -0.25) is 4.68 Å². The van der Waals surface area contributed by atoms with Gasteiger partial charge in [0.15, 0.2) is 5.96 Å². The molecule has 33 heavy (non-hydrogen) atoms. The van der Waals surface area contributed by atoms with E-state index in [4.69, 9.17) is 4.74 Å². The molecular formula is C25H34IN5O2. The van der Waals surface area contributed by atoms with Crippen molar-refractivity contribution < 1.29 is 9.84 Å². The molecule has 1 aromatic heterocycles. The van der Waals surface area contributed by atoms with Crippen LogP contribution in [0.25, 0.3) is 0 Å². The highest BCUT2D eigenvalue weighted by Crippen LogP contribution is 2.18. The van der Waals surface area contributed by atoms with E-state index >= 15 is 0 Å². The number of nitrogens with one attached hydrogen (secondary N) is 2. The fourth-order valence-corrected chi connectivity index (χ4v) is 3.27. The summed E-state index contributed by atoms with van der Waals surface area (Å²) in [6.45, 7) is 8.37. The molecule has 0 aliphatic heterocycles. The Bertz CT molecular complexity index is 975. The van der Waals surface area contributed by atoms with E-state index in [-0.39, 0.29) is 30.1 Å². The SMILES string of the molecule is CCNC(=NCc1cccc(Cn2cccn2)c1)NCC(O)c1ccc(OC(C)C)cc1.I. The smallest absolute Gasteiger partial charge is 0.191 e. The first-order chi connectivity index (χ1) is 15.5. The second-order valence-corrected chi connectivity index (χ2v) is 7.85. The van der Waals surface area contributed by atoms with Crippen molar-refractivity contribution in [1.29, 1.82) is 0 Å². The van der Waals surface area contributed by atoms with E-state index in [1.165, 1.54) is 5.56 Å². The lowest BCUT2D eigenvalue weighted by Crippen LogP contribution is -2.39. The van der Waals surface area contributed by atoms with Crippen molar-refractivity contribution in [3.05, 3.63) is 83.7 Å². The van der Waals surface area contributed by atoms with Gasteiger partial charge in [0.25, 0.3) is 0 Å². The van der Waals surface area contributed by atoms with E-state index in [0.717, 1.165) is 30.0 Å². The van der Waals surface area contributed by atoms with Gasteiger partial charge in [-0.15, -0.1) is 24.0 Å². The molecule has 0 bridgehead atoms. The Balaban J connectivity index is 0.00000385. The highest BCUT2D eigenvalue weighted by molar-refractivity contribution is 14.0. The molecule has 0 aliphatic rings. The van der Waals surface area contributed by atoms with Crippen LogP contribution in [-0.4, -0.2) is 40.0 Å². The highest BCUT2D eigenvalue weighted by atomic mass is 127. The number of hydrogen-bond donors (Lipinski definition) is 3. The van der Waals surface area contributed by atoms with Gasteiger partial charge in [-0.1, -0.05) is 36.4 Å². The molecule has 3 N–H and O–H groups in total. The van der Waals surface area contributed by atoms with Gasteiger partial charge in [-0.25, -0.2) is 4.99 Å². The number of aliphatic hydroxyl groups excluding tert-OH is 1. The summed E-state index contributed by atoms with van der Waals surface area (Å²) in [6, 6.07) is 17.8. The number of benzene rings is 2. The van der Waals surface area contributed by atoms with Gasteiger partial charge in [-0.05, 0) is 55.7 Å². The normalized spacial score (nSPS) is 12.2. The molecule has 8 heteroatoms. The molecule has 0 amide bonds. The van der Waals surface area contributed by atoms with Gasteiger partial charge in [0.2, 0.25) is 0 Å². The van der Waals surface area contributed by atoms with E-state index < -0.39 is 6.10 Å². The van der Waals surface area contributed by atoms with Crippen molar-refractivity contribution in [3.8, 4) is 5.75 Å². The standard InChI is InChI=1S/C25H33N5O2.HI/c1-4-26-25(28-17-24(31)22-9-11-23(12-10-22)32-19(2)3)27-16-20-7-5-8-21(15-20)18-30-14-6-13-29-30;/h5-15,19,24,31H,4,16-18H2,1-3H3,(H2,26,27,28);1H. The van der Waals surface area contributed by atoms with Crippen molar-refractivity contribution in [1.82, 2.24) is 20.4 Å². The summed E-state index contributed by atoms with van der Waals surface area (Å²) in [5, 5.41) is 21.3. The van der Waals surface area contributed by atoms with Crippen LogP contribution in [0.5, 0.6) is 5.75 Å². The minimum Gasteiger partial charge on any atom is -0.491 e. The van der Waals surface area contributed by atoms with Crippen molar-refractivity contribution >= 4 is 29.9 Å². The maximum absolute atomic E-state index is 10.6. The van der Waals surface area contributed by atoms with Crippen LogP contribution < -0.4 is 15.4 Å². The zero-order chi connectivity index (χ0) is 22.8. The predicted molar refractivity (Wildman–Crippen MR) is 143 cm³/mol. The van der Waals surface area contributed by atoms with E-state index in [9.17, 15) is 5.11 Å². The van der Waals surface area contributed by atoms with Crippen molar-refractivity contribution in [2.45, 2.75) is 46.1 Å². The van der Waals surface area contributed by atoms with Gasteiger partial charge in [0.05, 0.1) is 25.3 Å². The Morgan fingerprint density at radius 3 is 2.52 bits per heavy atom. The largest absolute Gasteiger partial charge is 0.491 e. The quantitative estimate of drug-likeness (QED) is 0.196. The summed E-state index contributed by atoms with van der Waals surface area (Å²) in [6.07, 6.45) is 3.21. The summed E-state index contributed by atoms with van der Waals surface area (Å²) in [5.41, 5.74) is 3.13. The molecule has 1 atom stereocenters. The van der Waals surface area contributed by atoms with Gasteiger partial charge >= 0.3 is 0 Å². The van der Waals surface area contributed by atoms with Crippen LogP contribution in [0.4, 0.5) is 0 Å². The molecule has 3 rings (SSSR count). The van der Waals surface area contributed by atoms with E-state index in [0.29, 0.717) is 19.0 Å². The Morgan fingerprint density at radius 2 is 1.85 bits per heavy atom. The second-order valence-electron chi connectivity index (χ2n) is 7.85. The van der Waals surface area contributed by atoms with Crippen LogP contribution in [0.15, 0.2) is 72.0 Å². The van der Waals surface area contributed by atoms with Crippen LogP contribution in [-0.2, 0) is 13.1 Å². The summed E-state index contributed by atoms with van der Waals surface area (Å²) < 4.78 is 7.56. The molecule has 178 valence electrons. The lowest BCUT2D eigenvalue weighted by atomic mass is 10.1. The molecule has 0 aliphatic carbocycles. The first-order valence-corrected chi connectivity index (χ1v) is 11.1. The highest BCUT2D eigenvalue weighted by Gasteiger charge is 2.09. The lowest BCUT2D eigenvalue weighted by molar-refractivity contribution is 0.180. The zero-order valence-corrected chi connectivity index (χ0v) is 21.8. The van der Waals surface area contributed by atoms with E-state index in [2.05, 4.69) is 38.9 Å². The number of aliphatic imine (C=N–C) groups is 1. The minimum atomic E-state index is -0.649. The molecule has 0 radical (unpaired) electrons. The summed E-state index contributed by atoms with van der Waals surface area (Å²) >= 11 is 0. The number of rotatable bonds is 10. The van der Waals surface area contributed by atoms with Crippen LogP contribution in [0.3, 0.4) is 0 Å². The number of ether oxygens (including phenoxy) is 1. The van der Waals surface area contributed by atoms with Gasteiger partial charge in [0.1, 0.15) is 5.75 Å². The molecule has 0 saturated carbocycles. The maximum atomic E-state index is 10.6. The Labute approximate surface area is 213 Å². The second kappa shape index (κ2) is 13.8. The van der Waals surface area contributed by atoms with E-state index in [1.54, 1.807) is 6.20 Å². The molecule has 1 unspecified atom stereocenters. The van der Waals surface area contributed by atoms with E-state index in [1.807, 2.05) is 68.0 Å². The van der Waals surface area contributed by atoms with Gasteiger partial charge in [-0.2, -0.15) is 5.10 Å². The molecule has 3 aromatic rings. The molecule has 2 aromatic carbocycles. The molecular weight excluding hydrogens is 529 g/mol. The molecule has 0 spiro atoms. The fraction of sp³-hybridized carbons (Fsp3) is 0.360. The third-order valence-electron chi connectivity index (χ3n) is 4.76. The van der Waals surface area contributed by atoms with Crippen molar-refractivity contribution in [2.75, 3.05) is 13.1 Å². The molecule has 1 heterocycles. The molecule has 7 nitrogen and oxygen atoms in total. The summed E-state index contributed by atoms with van der Waals surface area (Å²) in [5.74, 6) is 1.47. The summed E-state index contributed by atoms with van der Waals surface area (Å²) in [4.78, 5) is 4.68.